The number of rotatable bonds is 9. The highest BCUT2D eigenvalue weighted by atomic mass is 32.1. The first-order valence-corrected chi connectivity index (χ1v) is 11.6. The second kappa shape index (κ2) is 9.83. The van der Waals surface area contributed by atoms with Crippen molar-refractivity contribution in [3.05, 3.63) is 56.8 Å². The molecule has 2 amide bonds. The van der Waals surface area contributed by atoms with Gasteiger partial charge < -0.3 is 20.5 Å². The van der Waals surface area contributed by atoms with E-state index in [9.17, 15) is 19.5 Å². The van der Waals surface area contributed by atoms with E-state index in [1.807, 2.05) is 29.6 Å². The Kier molecular flexibility index (Phi) is 7.36. The minimum atomic E-state index is -0.855. The van der Waals surface area contributed by atoms with Gasteiger partial charge in [-0.25, -0.2) is 0 Å². The molecule has 0 spiro atoms. The van der Waals surface area contributed by atoms with Crippen molar-refractivity contribution >= 4 is 29.1 Å². The van der Waals surface area contributed by atoms with Crippen LogP contribution in [-0.4, -0.2) is 39.4 Å². The highest BCUT2D eigenvalue weighted by Gasteiger charge is 2.37. The van der Waals surface area contributed by atoms with Gasteiger partial charge in [-0.15, -0.1) is 11.3 Å². The molecule has 0 radical (unpaired) electrons. The van der Waals surface area contributed by atoms with Crippen molar-refractivity contribution in [2.75, 3.05) is 0 Å². The molecule has 0 fully saturated rings. The number of primary amides is 1. The highest BCUT2D eigenvalue weighted by molar-refractivity contribution is 7.10. The Morgan fingerprint density at radius 3 is 2.44 bits per heavy atom. The van der Waals surface area contributed by atoms with E-state index in [1.165, 1.54) is 4.90 Å². The summed E-state index contributed by atoms with van der Waals surface area (Å²) in [7, 11) is 0. The average Bonchev–Trinajstić information content (AvgIpc) is 3.26. The van der Waals surface area contributed by atoms with E-state index in [1.54, 1.807) is 32.1 Å². The standard InChI is InChI=1S/C24H30N2O5S/c1-24(2,3)31-21(28)11-9-19(22(25)29)26-12-17-18(23(26)30)14-32-20(17)10-8-15-4-6-16(13-27)7-5-15/h4-7,14,19,27H,8-13H2,1-3H3,(H2,25,29)/t19-/m0/s1. The lowest BCUT2D eigenvalue weighted by molar-refractivity contribution is -0.155. The first-order valence-electron chi connectivity index (χ1n) is 10.7. The van der Waals surface area contributed by atoms with Gasteiger partial charge in [0.1, 0.15) is 11.6 Å². The lowest BCUT2D eigenvalue weighted by atomic mass is 10.0. The molecule has 1 aromatic carbocycles. The number of fused-ring (bicyclic) bond motifs is 1. The van der Waals surface area contributed by atoms with Gasteiger partial charge >= 0.3 is 5.97 Å². The van der Waals surface area contributed by atoms with Crippen molar-refractivity contribution < 1.29 is 24.2 Å². The number of hydrogen-bond acceptors (Lipinski definition) is 6. The molecule has 0 bridgehead atoms. The van der Waals surface area contributed by atoms with E-state index in [4.69, 9.17) is 10.5 Å². The molecule has 1 aromatic heterocycles. The molecule has 2 heterocycles. The zero-order valence-electron chi connectivity index (χ0n) is 18.7. The van der Waals surface area contributed by atoms with Gasteiger partial charge in [0, 0.05) is 23.2 Å². The third-order valence-electron chi connectivity index (χ3n) is 5.39. The summed E-state index contributed by atoms with van der Waals surface area (Å²) in [6.07, 6.45) is 1.73. The molecule has 0 saturated carbocycles. The molecule has 1 aliphatic heterocycles. The van der Waals surface area contributed by atoms with Gasteiger partial charge in [-0.2, -0.15) is 0 Å². The Morgan fingerprint density at radius 1 is 1.19 bits per heavy atom. The third kappa shape index (κ3) is 5.75. The van der Waals surface area contributed by atoms with Crippen LogP contribution in [0.25, 0.3) is 0 Å². The number of aliphatic hydroxyl groups is 1. The maximum Gasteiger partial charge on any atom is 0.306 e. The number of nitrogens with two attached hydrogens (primary N) is 1. The van der Waals surface area contributed by atoms with E-state index in [-0.39, 0.29) is 25.4 Å². The molecule has 0 unspecified atom stereocenters. The maximum atomic E-state index is 13.0. The summed E-state index contributed by atoms with van der Waals surface area (Å²) in [5.41, 5.74) is 8.56. The number of esters is 1. The number of ether oxygens (including phenoxy) is 1. The fourth-order valence-corrected chi connectivity index (χ4v) is 4.84. The molecule has 2 aromatic rings. The molecule has 32 heavy (non-hydrogen) atoms. The number of amides is 2. The second-order valence-corrected chi connectivity index (χ2v) is 9.97. The van der Waals surface area contributed by atoms with Crippen molar-refractivity contribution in [3.8, 4) is 0 Å². The van der Waals surface area contributed by atoms with Crippen molar-refractivity contribution in [1.29, 1.82) is 0 Å². The molecule has 172 valence electrons. The van der Waals surface area contributed by atoms with Crippen molar-refractivity contribution in [2.24, 2.45) is 5.73 Å². The molecule has 1 aliphatic rings. The maximum absolute atomic E-state index is 13.0. The fraction of sp³-hybridized carbons (Fsp3) is 0.458. The zero-order chi connectivity index (χ0) is 23.5. The van der Waals surface area contributed by atoms with Crippen LogP contribution >= 0.6 is 11.3 Å². The number of benzene rings is 1. The van der Waals surface area contributed by atoms with Crippen LogP contribution in [0.1, 0.15) is 65.5 Å². The first kappa shape index (κ1) is 23.9. The summed E-state index contributed by atoms with van der Waals surface area (Å²) >= 11 is 1.55. The molecule has 1 atom stereocenters. The van der Waals surface area contributed by atoms with Crippen LogP contribution in [0.4, 0.5) is 0 Å². The highest BCUT2D eigenvalue weighted by Crippen LogP contribution is 2.34. The van der Waals surface area contributed by atoms with Gasteiger partial charge in [0.15, 0.2) is 0 Å². The molecule has 7 nitrogen and oxygen atoms in total. The predicted molar refractivity (Wildman–Crippen MR) is 122 cm³/mol. The topological polar surface area (TPSA) is 110 Å². The summed E-state index contributed by atoms with van der Waals surface area (Å²) in [5, 5.41) is 11.0. The van der Waals surface area contributed by atoms with Gasteiger partial charge in [0.2, 0.25) is 5.91 Å². The average molecular weight is 459 g/mol. The van der Waals surface area contributed by atoms with Crippen LogP contribution < -0.4 is 5.73 Å². The van der Waals surface area contributed by atoms with Crippen LogP contribution in [0, 0.1) is 0 Å². The van der Waals surface area contributed by atoms with E-state index in [0.29, 0.717) is 12.1 Å². The molecule has 8 heteroatoms. The Morgan fingerprint density at radius 2 is 1.84 bits per heavy atom. The number of thiophene rings is 1. The summed E-state index contributed by atoms with van der Waals surface area (Å²) in [6, 6.07) is 6.95. The predicted octanol–water partition coefficient (Wildman–Crippen LogP) is 2.96. The lowest BCUT2D eigenvalue weighted by Gasteiger charge is -2.26. The van der Waals surface area contributed by atoms with E-state index >= 15 is 0 Å². The zero-order valence-corrected chi connectivity index (χ0v) is 19.5. The van der Waals surface area contributed by atoms with E-state index in [0.717, 1.165) is 34.4 Å². The van der Waals surface area contributed by atoms with Crippen molar-refractivity contribution in [3.63, 3.8) is 0 Å². The summed E-state index contributed by atoms with van der Waals surface area (Å²) < 4.78 is 5.31. The summed E-state index contributed by atoms with van der Waals surface area (Å²) in [6.45, 7) is 5.67. The van der Waals surface area contributed by atoms with Gasteiger partial charge in [-0.05, 0) is 56.7 Å². The quantitative estimate of drug-likeness (QED) is 0.562. The molecule has 0 aliphatic carbocycles. The fourth-order valence-electron chi connectivity index (χ4n) is 3.80. The number of hydrogen-bond donors (Lipinski definition) is 2. The van der Waals surface area contributed by atoms with Crippen LogP contribution in [0.15, 0.2) is 29.6 Å². The SMILES string of the molecule is CC(C)(C)OC(=O)CC[C@@H](C(N)=O)N1Cc2c(csc2CCc2ccc(CO)cc2)C1=O. The Hall–Kier alpha value is -2.71. The Balaban J connectivity index is 1.65. The van der Waals surface area contributed by atoms with Gasteiger partial charge in [-0.3, -0.25) is 14.4 Å². The van der Waals surface area contributed by atoms with Gasteiger partial charge in [0.25, 0.3) is 5.91 Å². The largest absolute Gasteiger partial charge is 0.460 e. The molecule has 3 N–H and O–H groups in total. The van der Waals surface area contributed by atoms with Crippen LogP contribution in [0.5, 0.6) is 0 Å². The smallest absolute Gasteiger partial charge is 0.306 e. The normalized spacial score (nSPS) is 14.4. The van der Waals surface area contributed by atoms with Crippen LogP contribution in [-0.2, 0) is 40.3 Å². The first-order chi connectivity index (χ1) is 15.1. The number of carbonyl (C=O) groups is 3. The van der Waals surface area contributed by atoms with Gasteiger partial charge in [0.05, 0.1) is 12.2 Å². The molecule has 0 saturated heterocycles. The lowest BCUT2D eigenvalue weighted by Crippen LogP contribution is -2.45. The third-order valence-corrected chi connectivity index (χ3v) is 6.48. The number of nitrogens with zero attached hydrogens (tertiary/aromatic N) is 1. The summed E-state index contributed by atoms with van der Waals surface area (Å²) in [4.78, 5) is 39.7. The number of aryl methyl sites for hydroxylation is 2. The monoisotopic (exact) mass is 458 g/mol. The van der Waals surface area contributed by atoms with E-state index in [2.05, 4.69) is 0 Å². The van der Waals surface area contributed by atoms with Crippen molar-refractivity contribution in [1.82, 2.24) is 4.90 Å². The van der Waals surface area contributed by atoms with Crippen molar-refractivity contribution in [2.45, 2.75) is 71.2 Å². The molecular formula is C24H30N2O5S. The molecular weight excluding hydrogens is 428 g/mol. The summed E-state index contributed by atoms with van der Waals surface area (Å²) in [5.74, 6) is -1.26. The number of carbonyl (C=O) groups excluding carboxylic acids is 3. The van der Waals surface area contributed by atoms with Crippen LogP contribution in [0.2, 0.25) is 0 Å². The Bertz CT molecular complexity index is 991. The minimum absolute atomic E-state index is 0.0121. The Labute approximate surface area is 192 Å². The van der Waals surface area contributed by atoms with Crippen LogP contribution in [0.3, 0.4) is 0 Å². The van der Waals surface area contributed by atoms with Gasteiger partial charge in [-0.1, -0.05) is 24.3 Å². The molecule has 3 rings (SSSR count). The second-order valence-electron chi connectivity index (χ2n) is 9.00. The minimum Gasteiger partial charge on any atom is -0.460 e. The van der Waals surface area contributed by atoms with E-state index < -0.39 is 23.5 Å². The number of aliphatic hydroxyl groups excluding tert-OH is 1.